The normalized spacial score (nSPS) is 11.3. The minimum absolute atomic E-state index is 0.101. The maximum absolute atomic E-state index is 11.2. The van der Waals surface area contributed by atoms with Gasteiger partial charge < -0.3 is 10.2 Å². The molecule has 0 aliphatic heterocycles. The van der Waals surface area contributed by atoms with Gasteiger partial charge in [-0.1, -0.05) is 72.3 Å². The Balaban J connectivity index is 1.60. The van der Waals surface area contributed by atoms with E-state index in [1.165, 1.54) is 5.56 Å². The lowest BCUT2D eigenvalue weighted by Crippen LogP contribution is -1.97. The van der Waals surface area contributed by atoms with Gasteiger partial charge >= 0.3 is 0 Å². The number of hydrogen-bond donors (Lipinski definition) is 2. The minimum Gasteiger partial charge on any atom is -0.508 e. The van der Waals surface area contributed by atoms with Crippen molar-refractivity contribution >= 4 is 16.4 Å². The van der Waals surface area contributed by atoms with Crippen molar-refractivity contribution in [3.63, 3.8) is 0 Å². The van der Waals surface area contributed by atoms with Gasteiger partial charge in [-0.3, -0.25) is 4.40 Å². The second-order valence-corrected chi connectivity index (χ2v) is 8.79. The molecule has 0 fully saturated rings. The lowest BCUT2D eigenvalue weighted by Gasteiger charge is -2.11. The van der Waals surface area contributed by atoms with Gasteiger partial charge in [0.15, 0.2) is 5.65 Å². The summed E-state index contributed by atoms with van der Waals surface area (Å²) in [6, 6.07) is 29.5. The second-order valence-electron chi connectivity index (χ2n) is 8.79. The molecule has 0 saturated heterocycles. The first-order valence-electron chi connectivity index (χ1n) is 11.5. The molecule has 6 aromatic rings. The summed E-state index contributed by atoms with van der Waals surface area (Å²) in [5.41, 5.74) is 6.61. The Labute approximate surface area is 202 Å². The van der Waals surface area contributed by atoms with Gasteiger partial charge in [-0.15, -0.1) is 0 Å². The zero-order valence-corrected chi connectivity index (χ0v) is 19.2. The lowest BCUT2D eigenvalue weighted by atomic mass is 10.0. The summed E-state index contributed by atoms with van der Waals surface area (Å²) in [6.07, 6.45) is 2.31. The first kappa shape index (κ1) is 20.9. The smallest absolute Gasteiger partial charge is 0.219 e. The Morgan fingerprint density at radius 2 is 1.51 bits per heavy atom. The van der Waals surface area contributed by atoms with Crippen molar-refractivity contribution in [2.45, 2.75) is 13.3 Å². The van der Waals surface area contributed by atoms with Gasteiger partial charge in [0.05, 0.1) is 5.69 Å². The molecule has 170 valence electrons. The van der Waals surface area contributed by atoms with Crippen LogP contribution >= 0.6 is 0 Å². The Morgan fingerprint density at radius 1 is 0.771 bits per heavy atom. The Kier molecular flexibility index (Phi) is 4.96. The van der Waals surface area contributed by atoms with Crippen LogP contribution in [-0.4, -0.2) is 24.6 Å². The third kappa shape index (κ3) is 3.77. The number of benzene rings is 4. The highest BCUT2D eigenvalue weighted by Crippen LogP contribution is 2.35. The number of imidazole rings is 1. The van der Waals surface area contributed by atoms with Crippen LogP contribution in [0.1, 0.15) is 16.8 Å². The molecular formula is C30H23N3O2. The summed E-state index contributed by atoms with van der Waals surface area (Å²) in [7, 11) is 0. The summed E-state index contributed by atoms with van der Waals surface area (Å²) in [5, 5.41) is 23.2. The standard InChI is InChI=1S/C30H23N3O2/c1-19-9-11-20(12-10-19)17-26-30(35)33-18-27(22-13-15-23(34)16-14-22)31-28(29(33)32-26)25-8-4-6-21-5-2-3-7-24(21)25/h2-16,18,34-35H,17H2,1H3. The third-order valence-corrected chi connectivity index (χ3v) is 6.35. The van der Waals surface area contributed by atoms with Crippen LogP contribution in [0.3, 0.4) is 0 Å². The molecule has 2 N–H and O–H groups in total. The van der Waals surface area contributed by atoms with E-state index >= 15 is 0 Å². The van der Waals surface area contributed by atoms with Crippen LogP contribution in [0, 0.1) is 6.92 Å². The summed E-state index contributed by atoms with van der Waals surface area (Å²) in [4.78, 5) is 9.89. The summed E-state index contributed by atoms with van der Waals surface area (Å²) < 4.78 is 1.72. The fourth-order valence-corrected chi connectivity index (χ4v) is 4.48. The summed E-state index contributed by atoms with van der Waals surface area (Å²) in [5.74, 6) is 0.291. The molecule has 0 saturated carbocycles. The molecule has 0 amide bonds. The van der Waals surface area contributed by atoms with Crippen LogP contribution in [0.25, 0.3) is 38.9 Å². The minimum atomic E-state index is 0.101. The van der Waals surface area contributed by atoms with Crippen molar-refractivity contribution < 1.29 is 10.2 Å². The topological polar surface area (TPSA) is 70.7 Å². The first-order chi connectivity index (χ1) is 17.1. The van der Waals surface area contributed by atoms with E-state index in [1.54, 1.807) is 22.7 Å². The maximum atomic E-state index is 11.2. The molecule has 0 unspecified atom stereocenters. The van der Waals surface area contributed by atoms with E-state index < -0.39 is 0 Å². The van der Waals surface area contributed by atoms with Crippen molar-refractivity contribution in [1.82, 2.24) is 14.4 Å². The predicted octanol–water partition coefficient (Wildman–Crippen LogP) is 6.53. The third-order valence-electron chi connectivity index (χ3n) is 6.35. The first-order valence-corrected chi connectivity index (χ1v) is 11.5. The van der Waals surface area contributed by atoms with Gasteiger partial charge in [0.25, 0.3) is 0 Å². The molecule has 6 rings (SSSR count). The van der Waals surface area contributed by atoms with Crippen molar-refractivity contribution in [3.05, 3.63) is 114 Å². The van der Waals surface area contributed by atoms with E-state index in [0.717, 1.165) is 27.5 Å². The van der Waals surface area contributed by atoms with Crippen LogP contribution < -0.4 is 0 Å². The molecule has 5 heteroatoms. The molecule has 5 nitrogen and oxygen atoms in total. The number of aromatic nitrogens is 3. The Bertz CT molecular complexity index is 1680. The number of aromatic hydroxyl groups is 2. The average molecular weight is 458 g/mol. The van der Waals surface area contributed by atoms with Crippen molar-refractivity contribution in [3.8, 4) is 34.1 Å². The second kappa shape index (κ2) is 8.29. The number of aryl methyl sites for hydroxylation is 1. The van der Waals surface area contributed by atoms with Crippen molar-refractivity contribution in [1.29, 1.82) is 0 Å². The van der Waals surface area contributed by atoms with E-state index in [2.05, 4.69) is 49.4 Å². The van der Waals surface area contributed by atoms with Crippen LogP contribution in [-0.2, 0) is 6.42 Å². The van der Waals surface area contributed by atoms with Gasteiger partial charge in [0.2, 0.25) is 5.88 Å². The average Bonchev–Trinajstić information content (AvgIpc) is 3.20. The zero-order chi connectivity index (χ0) is 23.9. The Hall–Kier alpha value is -4.64. The monoisotopic (exact) mass is 457 g/mol. The predicted molar refractivity (Wildman–Crippen MR) is 139 cm³/mol. The van der Waals surface area contributed by atoms with Crippen LogP contribution in [0.2, 0.25) is 0 Å². The lowest BCUT2D eigenvalue weighted by molar-refractivity contribution is 0.442. The molecule has 0 atom stereocenters. The molecule has 0 aliphatic carbocycles. The van der Waals surface area contributed by atoms with E-state index in [9.17, 15) is 10.2 Å². The molecule has 4 aromatic carbocycles. The van der Waals surface area contributed by atoms with E-state index in [1.807, 2.05) is 36.4 Å². The number of fused-ring (bicyclic) bond motifs is 2. The molecule has 0 radical (unpaired) electrons. The summed E-state index contributed by atoms with van der Waals surface area (Å²) >= 11 is 0. The van der Waals surface area contributed by atoms with Crippen LogP contribution in [0.15, 0.2) is 97.2 Å². The molecule has 35 heavy (non-hydrogen) atoms. The fourth-order valence-electron chi connectivity index (χ4n) is 4.48. The largest absolute Gasteiger partial charge is 0.508 e. The summed E-state index contributed by atoms with van der Waals surface area (Å²) in [6.45, 7) is 2.05. The SMILES string of the molecule is Cc1ccc(Cc2nc3c(-c4cccc5ccccc45)nc(-c4ccc(O)cc4)cn3c2O)cc1. The van der Waals surface area contributed by atoms with Crippen LogP contribution in [0.4, 0.5) is 0 Å². The number of hydrogen-bond acceptors (Lipinski definition) is 4. The number of phenols is 1. The molecular weight excluding hydrogens is 434 g/mol. The van der Waals surface area contributed by atoms with E-state index in [4.69, 9.17) is 9.97 Å². The van der Waals surface area contributed by atoms with Crippen LogP contribution in [0.5, 0.6) is 11.6 Å². The Morgan fingerprint density at radius 3 is 2.31 bits per heavy atom. The van der Waals surface area contributed by atoms with Gasteiger partial charge in [-0.2, -0.15) is 0 Å². The quantitative estimate of drug-likeness (QED) is 0.316. The van der Waals surface area contributed by atoms with E-state index in [-0.39, 0.29) is 11.6 Å². The van der Waals surface area contributed by atoms with Gasteiger partial charge in [-0.25, -0.2) is 9.97 Å². The maximum Gasteiger partial charge on any atom is 0.219 e. The molecule has 0 aliphatic rings. The molecule has 2 aromatic heterocycles. The van der Waals surface area contributed by atoms with Gasteiger partial charge in [0, 0.05) is 23.7 Å². The number of rotatable bonds is 4. The molecule has 0 bridgehead atoms. The van der Waals surface area contributed by atoms with E-state index in [0.29, 0.717) is 29.1 Å². The zero-order valence-electron chi connectivity index (χ0n) is 19.2. The molecule has 0 spiro atoms. The number of nitrogens with zero attached hydrogens (tertiary/aromatic N) is 3. The fraction of sp³-hybridized carbons (Fsp3) is 0.0667. The van der Waals surface area contributed by atoms with Crippen molar-refractivity contribution in [2.24, 2.45) is 0 Å². The highest BCUT2D eigenvalue weighted by Gasteiger charge is 2.20. The number of phenolic OH excluding ortho intramolecular Hbond substituents is 1. The van der Waals surface area contributed by atoms with Crippen molar-refractivity contribution in [2.75, 3.05) is 0 Å². The van der Waals surface area contributed by atoms with Gasteiger partial charge in [-0.05, 0) is 47.5 Å². The highest BCUT2D eigenvalue weighted by atomic mass is 16.3. The van der Waals surface area contributed by atoms with Gasteiger partial charge in [0.1, 0.15) is 17.1 Å². The highest BCUT2D eigenvalue weighted by molar-refractivity contribution is 5.99. The molecule has 2 heterocycles.